The van der Waals surface area contributed by atoms with Gasteiger partial charge in [0.25, 0.3) is 0 Å². The standard InChI is InChI=1S/C21H25F2NO2/c1-3-5-8-11-24-18-10-7-6-9-17(18)20(21(24)26)16(4-2)19(25)12-15(13-22)14-23/h4,6-7,9-10,12-13,20,25H,3,5,8,11,14H2,1-2H3/b15-13-,16-4+,19-12+. The molecule has 1 aliphatic rings. The molecule has 1 aliphatic heterocycles. The van der Waals surface area contributed by atoms with Gasteiger partial charge in [0.2, 0.25) is 5.91 Å². The smallest absolute Gasteiger partial charge is 0.239 e. The molecule has 2 rings (SSSR count). The van der Waals surface area contributed by atoms with E-state index in [2.05, 4.69) is 6.92 Å². The van der Waals surface area contributed by atoms with Gasteiger partial charge in [-0.05, 0) is 31.1 Å². The summed E-state index contributed by atoms with van der Waals surface area (Å²) in [6.07, 6.45) is 5.75. The van der Waals surface area contributed by atoms with Crippen molar-refractivity contribution in [1.82, 2.24) is 0 Å². The zero-order valence-corrected chi connectivity index (χ0v) is 15.2. The van der Waals surface area contributed by atoms with Gasteiger partial charge in [-0.2, -0.15) is 0 Å². The summed E-state index contributed by atoms with van der Waals surface area (Å²) >= 11 is 0. The second-order valence-electron chi connectivity index (χ2n) is 6.28. The molecule has 0 saturated carbocycles. The first-order chi connectivity index (χ1) is 12.6. The summed E-state index contributed by atoms with van der Waals surface area (Å²) < 4.78 is 25.4. The van der Waals surface area contributed by atoms with Gasteiger partial charge in [0, 0.05) is 23.4 Å². The highest BCUT2D eigenvalue weighted by Crippen LogP contribution is 2.43. The molecule has 1 heterocycles. The molecule has 0 spiro atoms. The number of unbranched alkanes of at least 4 members (excludes halogenated alkanes) is 2. The average Bonchev–Trinajstić information content (AvgIpc) is 2.93. The van der Waals surface area contributed by atoms with Crippen LogP contribution in [0.2, 0.25) is 0 Å². The Morgan fingerprint density at radius 1 is 1.31 bits per heavy atom. The summed E-state index contributed by atoms with van der Waals surface area (Å²) in [5.41, 5.74) is 1.71. The summed E-state index contributed by atoms with van der Waals surface area (Å²) in [5, 5.41) is 10.4. The van der Waals surface area contributed by atoms with Crippen molar-refractivity contribution >= 4 is 11.6 Å². The molecule has 0 bridgehead atoms. The third kappa shape index (κ3) is 4.03. The van der Waals surface area contributed by atoms with Crippen molar-refractivity contribution in [2.24, 2.45) is 0 Å². The Bertz CT molecular complexity index is 737. The molecule has 0 aliphatic carbocycles. The number of hydrogen-bond acceptors (Lipinski definition) is 2. The average molecular weight is 361 g/mol. The van der Waals surface area contributed by atoms with Crippen molar-refractivity contribution in [2.75, 3.05) is 18.1 Å². The SMILES string of the molecule is C\C=C(/C(O)=C\C(=C\F)CF)C1C(=O)N(CCCCC)c2ccccc21. The van der Waals surface area contributed by atoms with Gasteiger partial charge in [-0.3, -0.25) is 4.79 Å². The van der Waals surface area contributed by atoms with E-state index in [4.69, 9.17) is 0 Å². The molecule has 26 heavy (non-hydrogen) atoms. The minimum absolute atomic E-state index is 0.116. The number of allylic oxidation sites excluding steroid dienone is 4. The van der Waals surface area contributed by atoms with Gasteiger partial charge in [-0.25, -0.2) is 8.78 Å². The summed E-state index contributed by atoms with van der Waals surface area (Å²) in [4.78, 5) is 14.8. The lowest BCUT2D eigenvalue weighted by Gasteiger charge is -2.19. The van der Waals surface area contributed by atoms with E-state index < -0.39 is 12.6 Å². The number of aliphatic hydroxyl groups is 1. The first kappa shape index (κ1) is 19.9. The number of nitrogens with zero attached hydrogens (tertiary/aromatic N) is 1. The van der Waals surface area contributed by atoms with Crippen molar-refractivity contribution in [3.8, 4) is 0 Å². The van der Waals surface area contributed by atoms with Crippen molar-refractivity contribution in [3.05, 3.63) is 65.2 Å². The lowest BCUT2D eigenvalue weighted by atomic mass is 9.90. The van der Waals surface area contributed by atoms with Crippen LogP contribution in [-0.4, -0.2) is 24.2 Å². The predicted octanol–water partition coefficient (Wildman–Crippen LogP) is 5.52. The van der Waals surface area contributed by atoms with Crippen LogP contribution in [0.1, 0.15) is 44.6 Å². The number of halogens is 2. The number of fused-ring (bicyclic) bond motifs is 1. The molecule has 1 N–H and O–H groups in total. The van der Waals surface area contributed by atoms with Gasteiger partial charge >= 0.3 is 0 Å². The molecule has 3 nitrogen and oxygen atoms in total. The molecule has 1 aromatic carbocycles. The minimum Gasteiger partial charge on any atom is -0.508 e. The number of para-hydroxylation sites is 1. The zero-order chi connectivity index (χ0) is 19.1. The largest absolute Gasteiger partial charge is 0.508 e. The number of amides is 1. The van der Waals surface area contributed by atoms with Crippen LogP contribution in [0, 0.1) is 0 Å². The maximum Gasteiger partial charge on any atom is 0.239 e. The first-order valence-corrected chi connectivity index (χ1v) is 8.91. The van der Waals surface area contributed by atoms with E-state index >= 15 is 0 Å². The van der Waals surface area contributed by atoms with Crippen LogP contribution >= 0.6 is 0 Å². The molecule has 0 fully saturated rings. The van der Waals surface area contributed by atoms with Crippen LogP contribution < -0.4 is 4.90 Å². The van der Waals surface area contributed by atoms with E-state index in [9.17, 15) is 18.7 Å². The number of alkyl halides is 1. The minimum atomic E-state index is -1.03. The second-order valence-corrected chi connectivity index (χ2v) is 6.28. The number of carbonyl (C=O) groups is 1. The normalized spacial score (nSPS) is 18.5. The second kappa shape index (κ2) is 9.32. The maximum absolute atomic E-state index is 13.1. The van der Waals surface area contributed by atoms with Crippen molar-refractivity contribution in [1.29, 1.82) is 0 Å². The van der Waals surface area contributed by atoms with Crippen molar-refractivity contribution in [2.45, 2.75) is 39.0 Å². The molecular weight excluding hydrogens is 336 g/mol. The van der Waals surface area contributed by atoms with Crippen LogP contribution in [0.3, 0.4) is 0 Å². The van der Waals surface area contributed by atoms with E-state index in [1.165, 1.54) is 0 Å². The van der Waals surface area contributed by atoms with E-state index in [0.29, 0.717) is 12.1 Å². The Morgan fingerprint density at radius 3 is 2.65 bits per heavy atom. The fraction of sp³-hybridized carbons (Fsp3) is 0.381. The summed E-state index contributed by atoms with van der Waals surface area (Å²) in [6, 6.07) is 7.47. The number of aliphatic hydroxyl groups excluding tert-OH is 1. The van der Waals surface area contributed by atoms with Crippen LogP contribution in [0.15, 0.2) is 59.7 Å². The Hall–Kier alpha value is -2.43. The fourth-order valence-electron chi connectivity index (χ4n) is 3.26. The summed E-state index contributed by atoms with van der Waals surface area (Å²) in [6.45, 7) is 3.38. The number of anilines is 1. The molecule has 1 amide bonds. The first-order valence-electron chi connectivity index (χ1n) is 8.91. The van der Waals surface area contributed by atoms with Gasteiger partial charge in [0.15, 0.2) is 0 Å². The molecule has 1 atom stereocenters. The summed E-state index contributed by atoms with van der Waals surface area (Å²) in [5.74, 6) is -1.09. The van der Waals surface area contributed by atoms with Crippen LogP contribution in [-0.2, 0) is 4.79 Å². The number of carbonyl (C=O) groups excluding carboxylic acids is 1. The molecule has 140 valence electrons. The highest BCUT2D eigenvalue weighted by molar-refractivity contribution is 6.07. The third-order valence-electron chi connectivity index (χ3n) is 4.57. The predicted molar refractivity (Wildman–Crippen MR) is 101 cm³/mol. The fourth-order valence-corrected chi connectivity index (χ4v) is 3.26. The quantitative estimate of drug-likeness (QED) is 0.376. The van der Waals surface area contributed by atoms with Gasteiger partial charge in [0.1, 0.15) is 12.4 Å². The molecule has 1 unspecified atom stereocenters. The lowest BCUT2D eigenvalue weighted by Crippen LogP contribution is -2.30. The van der Waals surface area contributed by atoms with E-state index in [0.717, 1.165) is 36.6 Å². The van der Waals surface area contributed by atoms with Gasteiger partial charge < -0.3 is 10.0 Å². The highest BCUT2D eigenvalue weighted by atomic mass is 19.1. The van der Waals surface area contributed by atoms with Gasteiger partial charge in [-0.1, -0.05) is 44.0 Å². The molecular formula is C21H25F2NO2. The molecule has 0 radical (unpaired) electrons. The Labute approximate surface area is 153 Å². The van der Waals surface area contributed by atoms with E-state index in [1.807, 2.05) is 24.3 Å². The van der Waals surface area contributed by atoms with Crippen molar-refractivity contribution < 1.29 is 18.7 Å². The molecule has 1 aromatic rings. The van der Waals surface area contributed by atoms with E-state index in [-0.39, 0.29) is 23.6 Å². The van der Waals surface area contributed by atoms with Gasteiger partial charge in [0.05, 0.1) is 12.2 Å². The van der Waals surface area contributed by atoms with E-state index in [1.54, 1.807) is 17.9 Å². The Balaban J connectivity index is 2.40. The third-order valence-corrected chi connectivity index (χ3v) is 4.57. The lowest BCUT2D eigenvalue weighted by molar-refractivity contribution is -0.118. The number of hydrogen-bond donors (Lipinski definition) is 1. The topological polar surface area (TPSA) is 40.5 Å². The molecule has 0 aromatic heterocycles. The van der Waals surface area contributed by atoms with Gasteiger partial charge in [-0.15, -0.1) is 0 Å². The van der Waals surface area contributed by atoms with Crippen molar-refractivity contribution in [3.63, 3.8) is 0 Å². The van der Waals surface area contributed by atoms with Crippen LogP contribution in [0.4, 0.5) is 14.5 Å². The van der Waals surface area contributed by atoms with Crippen LogP contribution in [0.25, 0.3) is 0 Å². The molecule has 0 saturated heterocycles. The monoisotopic (exact) mass is 361 g/mol. The maximum atomic E-state index is 13.1. The number of rotatable bonds is 8. The zero-order valence-electron chi connectivity index (χ0n) is 15.2. The summed E-state index contributed by atoms with van der Waals surface area (Å²) in [7, 11) is 0. The van der Waals surface area contributed by atoms with Crippen LogP contribution in [0.5, 0.6) is 0 Å². The molecule has 5 heteroatoms. The number of benzene rings is 1. The Kier molecular flexibility index (Phi) is 7.13. The highest BCUT2D eigenvalue weighted by Gasteiger charge is 2.39. The Morgan fingerprint density at radius 2 is 2.04 bits per heavy atom.